The Morgan fingerprint density at radius 3 is 2.56 bits per heavy atom. The number of halogens is 1. The second kappa shape index (κ2) is 8.17. The Morgan fingerprint density at radius 1 is 1.16 bits per heavy atom. The summed E-state index contributed by atoms with van der Waals surface area (Å²) in [5.74, 6) is 0.558. The maximum Gasteiger partial charge on any atom is 0.349 e. The molecule has 1 heterocycles. The first-order valence-corrected chi connectivity index (χ1v) is 9.13. The average molecular weight is 400 g/mol. The average Bonchev–Trinajstić information content (AvgIpc) is 3.09. The molecule has 1 aromatic carbocycles. The van der Waals surface area contributed by atoms with E-state index in [4.69, 9.17) is 9.15 Å². The SMILES string of the molecule is N#CC(=Cc1ccc(-c2ccc(Br)cc2)o1)C(=O)OC1CCCCC1. The second-order valence-electron chi connectivity index (χ2n) is 6.04. The van der Waals surface area contributed by atoms with Gasteiger partial charge >= 0.3 is 5.97 Å². The van der Waals surface area contributed by atoms with E-state index in [0.717, 1.165) is 35.7 Å². The molecule has 4 nitrogen and oxygen atoms in total. The Bertz CT molecular complexity index is 808. The summed E-state index contributed by atoms with van der Waals surface area (Å²) < 4.78 is 12.2. The van der Waals surface area contributed by atoms with Gasteiger partial charge in [0, 0.05) is 16.1 Å². The first-order chi connectivity index (χ1) is 12.2. The quantitative estimate of drug-likeness (QED) is 0.387. The molecule has 0 aliphatic heterocycles. The van der Waals surface area contributed by atoms with Gasteiger partial charge in [-0.25, -0.2) is 4.79 Å². The van der Waals surface area contributed by atoms with E-state index >= 15 is 0 Å². The molecule has 1 saturated carbocycles. The van der Waals surface area contributed by atoms with Crippen molar-refractivity contribution < 1.29 is 13.9 Å². The van der Waals surface area contributed by atoms with E-state index in [1.165, 1.54) is 12.5 Å². The van der Waals surface area contributed by atoms with Crippen molar-refractivity contribution in [3.63, 3.8) is 0 Å². The van der Waals surface area contributed by atoms with Crippen LogP contribution in [0.15, 0.2) is 50.9 Å². The minimum Gasteiger partial charge on any atom is -0.458 e. The lowest BCUT2D eigenvalue weighted by molar-refractivity contribution is -0.145. The van der Waals surface area contributed by atoms with E-state index in [1.54, 1.807) is 6.07 Å². The van der Waals surface area contributed by atoms with Crippen molar-refractivity contribution in [3.8, 4) is 17.4 Å². The van der Waals surface area contributed by atoms with Crippen LogP contribution in [0.4, 0.5) is 0 Å². The van der Waals surface area contributed by atoms with E-state index in [-0.39, 0.29) is 11.7 Å². The zero-order valence-corrected chi connectivity index (χ0v) is 15.3. The number of rotatable bonds is 4. The van der Waals surface area contributed by atoms with E-state index in [9.17, 15) is 10.1 Å². The number of carbonyl (C=O) groups is 1. The van der Waals surface area contributed by atoms with Gasteiger partial charge in [0.05, 0.1) is 0 Å². The number of ether oxygens (including phenoxy) is 1. The summed E-state index contributed by atoms with van der Waals surface area (Å²) in [6.45, 7) is 0. The Balaban J connectivity index is 1.72. The summed E-state index contributed by atoms with van der Waals surface area (Å²) in [5, 5.41) is 9.28. The molecular formula is C20H18BrNO3. The van der Waals surface area contributed by atoms with Crippen molar-refractivity contribution in [2.75, 3.05) is 0 Å². The standard InChI is InChI=1S/C20H18BrNO3/c21-16-8-6-14(7-9-16)19-11-10-18(24-19)12-15(13-22)20(23)25-17-4-2-1-3-5-17/h6-12,17H,1-5H2. The van der Waals surface area contributed by atoms with Crippen molar-refractivity contribution in [2.45, 2.75) is 38.2 Å². The third kappa shape index (κ3) is 4.61. The molecule has 0 saturated heterocycles. The molecule has 5 heteroatoms. The van der Waals surface area contributed by atoms with Crippen LogP contribution in [0, 0.1) is 11.3 Å². The Kier molecular flexibility index (Phi) is 5.72. The van der Waals surface area contributed by atoms with Crippen LogP contribution in [-0.4, -0.2) is 12.1 Å². The van der Waals surface area contributed by atoms with Gasteiger partial charge in [0.1, 0.15) is 29.3 Å². The second-order valence-corrected chi connectivity index (χ2v) is 6.96. The molecule has 128 valence electrons. The van der Waals surface area contributed by atoms with Crippen LogP contribution in [0.1, 0.15) is 37.9 Å². The molecule has 0 spiro atoms. The van der Waals surface area contributed by atoms with Crippen molar-refractivity contribution in [3.05, 3.63) is 52.2 Å². The molecule has 0 bridgehead atoms. The highest BCUT2D eigenvalue weighted by Crippen LogP contribution is 2.26. The number of nitrogens with zero attached hydrogens (tertiary/aromatic N) is 1. The maximum atomic E-state index is 12.2. The lowest BCUT2D eigenvalue weighted by Gasteiger charge is -2.21. The van der Waals surface area contributed by atoms with Crippen LogP contribution < -0.4 is 0 Å². The number of nitriles is 1. The Morgan fingerprint density at radius 2 is 1.88 bits per heavy atom. The lowest BCUT2D eigenvalue weighted by atomic mass is 9.98. The first-order valence-electron chi connectivity index (χ1n) is 8.34. The van der Waals surface area contributed by atoms with Crippen LogP contribution in [0.25, 0.3) is 17.4 Å². The van der Waals surface area contributed by atoms with Gasteiger partial charge in [0.15, 0.2) is 0 Å². The zero-order chi connectivity index (χ0) is 17.6. The molecule has 0 amide bonds. The fourth-order valence-corrected chi connectivity index (χ4v) is 3.14. The van der Waals surface area contributed by atoms with E-state index in [1.807, 2.05) is 36.4 Å². The number of carbonyl (C=O) groups excluding carboxylic acids is 1. The molecular weight excluding hydrogens is 382 g/mol. The molecule has 1 fully saturated rings. The first kappa shape index (κ1) is 17.5. The molecule has 1 aliphatic carbocycles. The van der Waals surface area contributed by atoms with E-state index in [2.05, 4.69) is 15.9 Å². The molecule has 0 unspecified atom stereocenters. The number of hydrogen-bond acceptors (Lipinski definition) is 4. The summed E-state index contributed by atoms with van der Waals surface area (Å²) in [6, 6.07) is 13.2. The maximum absolute atomic E-state index is 12.2. The highest BCUT2D eigenvalue weighted by Gasteiger charge is 2.20. The van der Waals surface area contributed by atoms with Gasteiger partial charge in [-0.15, -0.1) is 0 Å². The molecule has 1 aromatic heterocycles. The molecule has 2 aromatic rings. The van der Waals surface area contributed by atoms with Crippen LogP contribution in [-0.2, 0) is 9.53 Å². The summed E-state index contributed by atoms with van der Waals surface area (Å²) >= 11 is 3.39. The summed E-state index contributed by atoms with van der Waals surface area (Å²) in [4.78, 5) is 12.2. The largest absolute Gasteiger partial charge is 0.458 e. The van der Waals surface area contributed by atoms with Crippen LogP contribution in [0.3, 0.4) is 0 Å². The third-order valence-electron chi connectivity index (χ3n) is 4.21. The molecule has 1 aliphatic rings. The van der Waals surface area contributed by atoms with E-state index in [0.29, 0.717) is 11.5 Å². The van der Waals surface area contributed by atoms with Gasteiger partial charge in [0.25, 0.3) is 0 Å². The Labute approximate surface area is 155 Å². The smallest absolute Gasteiger partial charge is 0.349 e. The van der Waals surface area contributed by atoms with Crippen LogP contribution >= 0.6 is 15.9 Å². The molecule has 25 heavy (non-hydrogen) atoms. The normalized spacial score (nSPS) is 15.6. The fourth-order valence-electron chi connectivity index (χ4n) is 2.88. The van der Waals surface area contributed by atoms with Gasteiger partial charge in [-0.2, -0.15) is 5.26 Å². The molecule has 3 rings (SSSR count). The monoisotopic (exact) mass is 399 g/mol. The lowest BCUT2D eigenvalue weighted by Crippen LogP contribution is -2.21. The highest BCUT2D eigenvalue weighted by atomic mass is 79.9. The number of esters is 1. The predicted molar refractivity (Wildman–Crippen MR) is 98.4 cm³/mol. The molecule has 0 atom stereocenters. The number of furan rings is 1. The molecule has 0 N–H and O–H groups in total. The zero-order valence-electron chi connectivity index (χ0n) is 13.7. The van der Waals surface area contributed by atoms with Gasteiger partial charge in [-0.3, -0.25) is 0 Å². The van der Waals surface area contributed by atoms with Crippen molar-refractivity contribution in [2.24, 2.45) is 0 Å². The predicted octanol–water partition coefficient (Wildman–Crippen LogP) is 5.49. The number of benzene rings is 1. The van der Waals surface area contributed by atoms with Crippen molar-refractivity contribution >= 4 is 28.0 Å². The van der Waals surface area contributed by atoms with Crippen molar-refractivity contribution in [1.29, 1.82) is 5.26 Å². The van der Waals surface area contributed by atoms with Gasteiger partial charge < -0.3 is 9.15 Å². The van der Waals surface area contributed by atoms with Crippen LogP contribution in [0.2, 0.25) is 0 Å². The van der Waals surface area contributed by atoms with Crippen molar-refractivity contribution in [1.82, 2.24) is 0 Å². The number of hydrogen-bond donors (Lipinski definition) is 0. The van der Waals surface area contributed by atoms with E-state index < -0.39 is 5.97 Å². The van der Waals surface area contributed by atoms with Gasteiger partial charge in [-0.05, 0) is 49.9 Å². The topological polar surface area (TPSA) is 63.2 Å². The highest BCUT2D eigenvalue weighted by molar-refractivity contribution is 9.10. The Hall–Kier alpha value is -2.32. The summed E-state index contributed by atoms with van der Waals surface area (Å²) in [5.41, 5.74) is 0.883. The summed E-state index contributed by atoms with van der Waals surface area (Å²) in [7, 11) is 0. The fraction of sp³-hybridized carbons (Fsp3) is 0.300. The molecule has 0 radical (unpaired) electrons. The van der Waals surface area contributed by atoms with Gasteiger partial charge in [-0.1, -0.05) is 34.5 Å². The van der Waals surface area contributed by atoms with Crippen LogP contribution in [0.5, 0.6) is 0 Å². The third-order valence-corrected chi connectivity index (χ3v) is 4.74. The van der Waals surface area contributed by atoms with Gasteiger partial charge in [0.2, 0.25) is 0 Å². The minimum atomic E-state index is -0.573. The summed E-state index contributed by atoms with van der Waals surface area (Å²) in [6.07, 6.45) is 6.43. The minimum absolute atomic E-state index is 0.0396.